The van der Waals surface area contributed by atoms with Crippen LogP contribution >= 0.6 is 0 Å². The molecule has 2 aliphatic heterocycles. The van der Waals surface area contributed by atoms with Gasteiger partial charge in [0.25, 0.3) is 0 Å². The summed E-state index contributed by atoms with van der Waals surface area (Å²) < 4.78 is 0. The van der Waals surface area contributed by atoms with Gasteiger partial charge in [-0.1, -0.05) is 49.6 Å². The number of pyridine rings is 1. The molecule has 2 N–H and O–H groups in total. The number of rotatable bonds is 4. The second kappa shape index (κ2) is 8.90. The van der Waals surface area contributed by atoms with Gasteiger partial charge in [0.1, 0.15) is 6.54 Å². The second-order valence-electron chi connectivity index (χ2n) is 9.17. The summed E-state index contributed by atoms with van der Waals surface area (Å²) in [5, 5.41) is 13.1. The summed E-state index contributed by atoms with van der Waals surface area (Å²) in [4.78, 5) is 33.3. The summed E-state index contributed by atoms with van der Waals surface area (Å²) in [5.74, 6) is -0.0699. The molecular formula is C25H30N4O3. The monoisotopic (exact) mass is 434 g/mol. The Bertz CT molecular complexity index is 959. The molecule has 32 heavy (non-hydrogen) atoms. The van der Waals surface area contributed by atoms with E-state index in [2.05, 4.69) is 34.6 Å². The minimum Gasteiger partial charge on any atom is -0.394 e. The number of carbonyl (C=O) groups excluding carboxylic acids is 2. The normalized spacial score (nSPS) is 25.8. The number of hydrogen-bond donors (Lipinski definition) is 2. The molecular weight excluding hydrogens is 404 g/mol. The third-order valence-corrected chi connectivity index (χ3v) is 7.26. The summed E-state index contributed by atoms with van der Waals surface area (Å²) in [6.07, 6.45) is 9.14. The molecule has 3 amide bonds. The lowest BCUT2D eigenvalue weighted by Crippen LogP contribution is -2.74. The molecule has 5 rings (SSSR count). The number of fused-ring (bicyclic) bond motifs is 1. The van der Waals surface area contributed by atoms with Gasteiger partial charge in [0.2, 0.25) is 5.91 Å². The minimum absolute atomic E-state index is 0.0113. The van der Waals surface area contributed by atoms with Crippen LogP contribution in [-0.4, -0.2) is 69.7 Å². The van der Waals surface area contributed by atoms with Crippen LogP contribution in [0, 0.1) is 0 Å². The van der Waals surface area contributed by atoms with Crippen LogP contribution in [0.5, 0.6) is 0 Å². The van der Waals surface area contributed by atoms with Crippen molar-refractivity contribution in [1.82, 2.24) is 20.1 Å². The standard InChI is InChI=1S/C25H30N4O3/c30-16-22-24(18-10-8-17(9-11-18)19-5-4-12-26-13-19)21-14-28(15-23(31)29(21)22)25(32)27-20-6-2-1-3-7-20/h4-5,8-13,20-22,24,30H,1-3,6-7,14-16H2,(H,27,32)/t21-,22+,24+/m0/s1. The highest BCUT2D eigenvalue weighted by atomic mass is 16.3. The van der Waals surface area contributed by atoms with Crippen molar-refractivity contribution in [3.63, 3.8) is 0 Å². The number of piperazine rings is 1. The lowest BCUT2D eigenvalue weighted by atomic mass is 9.73. The van der Waals surface area contributed by atoms with E-state index in [0.29, 0.717) is 6.54 Å². The first kappa shape index (κ1) is 20.9. The molecule has 2 saturated heterocycles. The Labute approximate surface area is 188 Å². The second-order valence-corrected chi connectivity index (χ2v) is 9.17. The van der Waals surface area contributed by atoms with E-state index in [1.54, 1.807) is 16.0 Å². The zero-order chi connectivity index (χ0) is 22.1. The van der Waals surface area contributed by atoms with Crippen LogP contribution < -0.4 is 5.32 Å². The van der Waals surface area contributed by atoms with Gasteiger partial charge in [-0.05, 0) is 35.6 Å². The van der Waals surface area contributed by atoms with Gasteiger partial charge >= 0.3 is 6.03 Å². The Morgan fingerprint density at radius 1 is 1.09 bits per heavy atom. The molecule has 1 saturated carbocycles. The van der Waals surface area contributed by atoms with Crippen molar-refractivity contribution in [2.45, 2.75) is 56.1 Å². The van der Waals surface area contributed by atoms with Crippen molar-refractivity contribution in [1.29, 1.82) is 0 Å². The molecule has 7 heteroatoms. The van der Waals surface area contributed by atoms with Gasteiger partial charge in [0.15, 0.2) is 0 Å². The Kier molecular flexibility index (Phi) is 5.83. The van der Waals surface area contributed by atoms with Crippen LogP contribution in [0.1, 0.15) is 43.6 Å². The first-order chi connectivity index (χ1) is 15.7. The van der Waals surface area contributed by atoms with Crippen LogP contribution in [0.15, 0.2) is 48.8 Å². The topological polar surface area (TPSA) is 85.8 Å². The van der Waals surface area contributed by atoms with E-state index >= 15 is 0 Å². The van der Waals surface area contributed by atoms with Crippen LogP contribution in [0.3, 0.4) is 0 Å². The summed E-state index contributed by atoms with van der Waals surface area (Å²) >= 11 is 0. The molecule has 2 aromatic rings. The molecule has 0 unspecified atom stereocenters. The number of hydrogen-bond acceptors (Lipinski definition) is 4. The lowest BCUT2D eigenvalue weighted by molar-refractivity contribution is -0.159. The highest BCUT2D eigenvalue weighted by Crippen LogP contribution is 2.43. The van der Waals surface area contributed by atoms with Gasteiger partial charge in [0, 0.05) is 30.9 Å². The third kappa shape index (κ3) is 3.86. The molecule has 0 bridgehead atoms. The van der Waals surface area contributed by atoms with Gasteiger partial charge in [-0.3, -0.25) is 9.78 Å². The number of aliphatic hydroxyl groups excluding tert-OH is 1. The summed E-state index contributed by atoms with van der Waals surface area (Å²) in [5.41, 5.74) is 3.21. The number of urea groups is 1. The van der Waals surface area contributed by atoms with E-state index in [4.69, 9.17) is 0 Å². The highest BCUT2D eigenvalue weighted by Gasteiger charge is 2.54. The maximum atomic E-state index is 12.9. The number of amides is 3. The molecule has 0 radical (unpaired) electrons. The summed E-state index contributed by atoms with van der Waals surface area (Å²) in [6, 6.07) is 11.9. The van der Waals surface area contributed by atoms with Crippen LogP contribution in [0.2, 0.25) is 0 Å². The predicted octanol–water partition coefficient (Wildman–Crippen LogP) is 2.76. The number of aliphatic hydroxyl groups is 1. The van der Waals surface area contributed by atoms with Crippen molar-refractivity contribution < 1.29 is 14.7 Å². The smallest absolute Gasteiger partial charge is 0.318 e. The molecule has 7 nitrogen and oxygen atoms in total. The van der Waals surface area contributed by atoms with Gasteiger partial charge in [-0.15, -0.1) is 0 Å². The summed E-state index contributed by atoms with van der Waals surface area (Å²) in [6.45, 7) is 0.500. The lowest BCUT2D eigenvalue weighted by Gasteiger charge is -2.58. The first-order valence-corrected chi connectivity index (χ1v) is 11.6. The zero-order valence-corrected chi connectivity index (χ0v) is 18.2. The average Bonchev–Trinajstić information content (AvgIpc) is 2.82. The fourth-order valence-corrected chi connectivity index (χ4v) is 5.60. The number of nitrogens with zero attached hydrogens (tertiary/aromatic N) is 3. The minimum atomic E-state index is -0.236. The number of carbonyl (C=O) groups is 2. The molecule has 1 aromatic heterocycles. The van der Waals surface area contributed by atoms with E-state index in [9.17, 15) is 14.7 Å². The molecule has 3 atom stereocenters. The summed E-state index contributed by atoms with van der Waals surface area (Å²) in [7, 11) is 0. The van der Waals surface area contributed by atoms with Gasteiger partial charge in [0.05, 0.1) is 18.7 Å². The van der Waals surface area contributed by atoms with Gasteiger partial charge in [-0.2, -0.15) is 0 Å². The Morgan fingerprint density at radius 2 is 1.88 bits per heavy atom. The Balaban J connectivity index is 1.31. The van der Waals surface area contributed by atoms with E-state index in [-0.39, 0.29) is 49.1 Å². The zero-order valence-electron chi connectivity index (χ0n) is 18.2. The maximum Gasteiger partial charge on any atom is 0.318 e. The molecule has 168 valence electrons. The van der Waals surface area contributed by atoms with Gasteiger partial charge < -0.3 is 20.2 Å². The SMILES string of the molecule is O=C(NC1CCCCC1)N1CC(=O)N2[C@H](CO)[C@H](c3ccc(-c4cccnc4)cc3)[C@@H]2C1. The van der Waals surface area contributed by atoms with Gasteiger partial charge in [-0.25, -0.2) is 4.79 Å². The number of aromatic nitrogens is 1. The number of nitrogens with one attached hydrogen (secondary N) is 1. The van der Waals surface area contributed by atoms with Crippen molar-refractivity contribution in [2.24, 2.45) is 0 Å². The third-order valence-electron chi connectivity index (χ3n) is 7.26. The number of benzene rings is 1. The maximum absolute atomic E-state index is 12.9. The van der Waals surface area contributed by atoms with Crippen LogP contribution in [0.25, 0.3) is 11.1 Å². The Hall–Kier alpha value is -2.93. The average molecular weight is 435 g/mol. The molecule has 3 fully saturated rings. The van der Waals surface area contributed by atoms with Crippen LogP contribution in [0.4, 0.5) is 4.79 Å². The highest BCUT2D eigenvalue weighted by molar-refractivity contribution is 5.87. The molecule has 3 aliphatic rings. The van der Waals surface area contributed by atoms with Crippen LogP contribution in [-0.2, 0) is 4.79 Å². The molecule has 1 aliphatic carbocycles. The molecule has 3 heterocycles. The van der Waals surface area contributed by atoms with Crippen molar-refractivity contribution in [2.75, 3.05) is 19.7 Å². The van der Waals surface area contributed by atoms with E-state index in [0.717, 1.165) is 42.4 Å². The van der Waals surface area contributed by atoms with Crippen molar-refractivity contribution in [3.8, 4) is 11.1 Å². The molecule has 0 spiro atoms. The Morgan fingerprint density at radius 3 is 2.56 bits per heavy atom. The van der Waals surface area contributed by atoms with E-state index < -0.39 is 0 Å². The van der Waals surface area contributed by atoms with Crippen molar-refractivity contribution in [3.05, 3.63) is 54.4 Å². The molecule has 1 aromatic carbocycles. The van der Waals surface area contributed by atoms with E-state index in [1.807, 2.05) is 18.3 Å². The largest absolute Gasteiger partial charge is 0.394 e. The quantitative estimate of drug-likeness (QED) is 0.775. The fraction of sp³-hybridized carbons (Fsp3) is 0.480. The fourth-order valence-electron chi connectivity index (χ4n) is 5.60. The van der Waals surface area contributed by atoms with Crippen molar-refractivity contribution >= 4 is 11.9 Å². The predicted molar refractivity (Wildman–Crippen MR) is 121 cm³/mol. The van der Waals surface area contributed by atoms with E-state index in [1.165, 1.54) is 6.42 Å². The first-order valence-electron chi connectivity index (χ1n) is 11.6.